The molecule has 13 nitrogen and oxygen atoms in total. The lowest BCUT2D eigenvalue weighted by molar-refractivity contribution is -0.155. The molecule has 2 amide bonds. The monoisotopic (exact) mass is 644 g/mol. The van der Waals surface area contributed by atoms with Crippen molar-refractivity contribution in [2.24, 2.45) is 0 Å². The highest BCUT2D eigenvalue weighted by Crippen LogP contribution is 2.33. The molecule has 2 fully saturated rings. The molecule has 0 spiro atoms. The number of ether oxygens (including phenoxy) is 5. The summed E-state index contributed by atoms with van der Waals surface area (Å²) in [4.78, 5) is 54.1. The van der Waals surface area contributed by atoms with Crippen LogP contribution in [0, 0.1) is 0 Å². The number of hydrogen-bond acceptors (Lipinski definition) is 11. The van der Waals surface area contributed by atoms with Crippen LogP contribution in [0.2, 0.25) is 0 Å². The fourth-order valence-electron chi connectivity index (χ4n) is 5.64. The fourth-order valence-corrected chi connectivity index (χ4v) is 5.64. The van der Waals surface area contributed by atoms with Crippen LogP contribution in [-0.4, -0.2) is 108 Å². The number of nitrogens with one attached hydrogen (secondary N) is 1. The van der Waals surface area contributed by atoms with Gasteiger partial charge in [-0.2, -0.15) is 0 Å². The number of nitrogens with zero attached hydrogens (tertiary/aromatic N) is 1. The van der Waals surface area contributed by atoms with Crippen molar-refractivity contribution in [1.29, 1.82) is 0 Å². The van der Waals surface area contributed by atoms with Crippen LogP contribution in [0.15, 0.2) is 42.2 Å². The highest BCUT2D eigenvalue weighted by molar-refractivity contribution is 5.98. The standard InChI is InChI=1S/C33H44N2O11/c1-33(2,3)46-28(38)11-10-23(19-37)34-30(39)25-9-6-13-35(25)31(40)22-17-26-29(44-20-43-26)27(18-22)45-32(41)24-8-5-4-7-21(24)12-15-42-16-14-36/h4-5,7-8,12,15,17,23,25-27,29,36-37H,6,9-11,13-14,16,18-20H2,1-3H3,(H,34,39). The Bertz CT molecular complexity index is 1300. The molecule has 2 heterocycles. The second-order valence-corrected chi connectivity index (χ2v) is 12.4. The van der Waals surface area contributed by atoms with Crippen molar-refractivity contribution in [1.82, 2.24) is 10.2 Å². The van der Waals surface area contributed by atoms with Crippen LogP contribution in [0.4, 0.5) is 0 Å². The van der Waals surface area contributed by atoms with E-state index < -0.39 is 53.8 Å². The zero-order chi connectivity index (χ0) is 33.3. The molecule has 3 N–H and O–H groups in total. The molecule has 0 saturated carbocycles. The Labute approximate surface area is 268 Å². The van der Waals surface area contributed by atoms with Gasteiger partial charge in [-0.25, -0.2) is 4.79 Å². The third-order valence-electron chi connectivity index (χ3n) is 7.76. The lowest BCUT2D eigenvalue weighted by atomic mass is 9.91. The summed E-state index contributed by atoms with van der Waals surface area (Å²) in [5.41, 5.74) is 0.536. The van der Waals surface area contributed by atoms with Gasteiger partial charge < -0.3 is 44.1 Å². The number of rotatable bonds is 13. The summed E-state index contributed by atoms with van der Waals surface area (Å²) >= 11 is 0. The van der Waals surface area contributed by atoms with Gasteiger partial charge in [-0.05, 0) is 63.8 Å². The molecule has 13 heteroatoms. The highest BCUT2D eigenvalue weighted by Gasteiger charge is 2.45. The van der Waals surface area contributed by atoms with Gasteiger partial charge in [0.1, 0.15) is 43.4 Å². The second-order valence-electron chi connectivity index (χ2n) is 12.4. The Morgan fingerprint density at radius 3 is 2.67 bits per heavy atom. The molecule has 0 bridgehead atoms. The summed E-state index contributed by atoms with van der Waals surface area (Å²) in [5, 5.41) is 21.5. The number of benzene rings is 1. The maximum Gasteiger partial charge on any atom is 0.339 e. The fraction of sp³-hybridized carbons (Fsp3) is 0.576. The normalized spacial score (nSPS) is 23.4. The topological polar surface area (TPSA) is 170 Å². The van der Waals surface area contributed by atoms with E-state index in [1.807, 2.05) is 0 Å². The largest absolute Gasteiger partial charge is 0.499 e. The van der Waals surface area contributed by atoms with E-state index in [9.17, 15) is 24.3 Å². The number of aliphatic hydroxyl groups is 2. The van der Waals surface area contributed by atoms with Crippen molar-refractivity contribution < 1.29 is 53.1 Å². The van der Waals surface area contributed by atoms with Crippen molar-refractivity contribution in [3.05, 3.63) is 53.3 Å². The maximum atomic E-state index is 13.8. The molecule has 0 aromatic heterocycles. The van der Waals surface area contributed by atoms with Gasteiger partial charge in [0.2, 0.25) is 11.8 Å². The van der Waals surface area contributed by atoms with Gasteiger partial charge in [-0.3, -0.25) is 14.4 Å². The molecule has 46 heavy (non-hydrogen) atoms. The Kier molecular flexibility index (Phi) is 12.3. The van der Waals surface area contributed by atoms with Gasteiger partial charge in [-0.15, -0.1) is 0 Å². The van der Waals surface area contributed by atoms with E-state index in [-0.39, 0.29) is 57.3 Å². The zero-order valence-corrected chi connectivity index (χ0v) is 26.5. The van der Waals surface area contributed by atoms with Gasteiger partial charge in [0.05, 0.1) is 31.1 Å². The average molecular weight is 645 g/mol. The van der Waals surface area contributed by atoms with E-state index in [0.29, 0.717) is 30.5 Å². The highest BCUT2D eigenvalue weighted by atomic mass is 16.7. The minimum absolute atomic E-state index is 0.0198. The molecule has 2 saturated heterocycles. The smallest absolute Gasteiger partial charge is 0.339 e. The first kappa shape index (κ1) is 35.1. The van der Waals surface area contributed by atoms with Gasteiger partial charge in [0, 0.05) is 25.0 Å². The van der Waals surface area contributed by atoms with Crippen molar-refractivity contribution in [3.63, 3.8) is 0 Å². The van der Waals surface area contributed by atoms with Crippen LogP contribution in [0.5, 0.6) is 0 Å². The SMILES string of the molecule is CC(C)(C)OC(=O)CCC(CO)NC(=O)C1CCCN1C(=O)C1=CC2OCOC2C(OC(=O)c2ccccc2C=COCCO)C1. The molecule has 1 aromatic carbocycles. The number of hydrogen-bond donors (Lipinski definition) is 3. The molecule has 252 valence electrons. The van der Waals surface area contributed by atoms with Crippen molar-refractivity contribution >= 4 is 29.8 Å². The van der Waals surface area contributed by atoms with Crippen LogP contribution in [0.3, 0.4) is 0 Å². The first-order valence-corrected chi connectivity index (χ1v) is 15.6. The van der Waals surface area contributed by atoms with Crippen molar-refractivity contribution in [2.75, 3.05) is 33.2 Å². The molecule has 5 unspecified atom stereocenters. The quantitative estimate of drug-likeness (QED) is 0.163. The van der Waals surface area contributed by atoms with Gasteiger partial charge in [-0.1, -0.05) is 18.2 Å². The number of likely N-dealkylation sites (tertiary alicyclic amines) is 1. The second kappa shape index (κ2) is 16.2. The van der Waals surface area contributed by atoms with Crippen LogP contribution in [-0.2, 0) is 38.1 Å². The molecule has 2 aliphatic heterocycles. The molecule has 0 radical (unpaired) electrons. The van der Waals surface area contributed by atoms with Crippen LogP contribution < -0.4 is 5.32 Å². The number of esters is 2. The summed E-state index contributed by atoms with van der Waals surface area (Å²) in [6.45, 7) is 5.21. The molecular weight excluding hydrogens is 600 g/mol. The number of fused-ring (bicyclic) bond motifs is 1. The predicted molar refractivity (Wildman–Crippen MR) is 164 cm³/mol. The summed E-state index contributed by atoms with van der Waals surface area (Å²) in [6, 6.07) is 5.35. The lowest BCUT2D eigenvalue weighted by Gasteiger charge is -2.33. The maximum absolute atomic E-state index is 13.8. The molecule has 3 aliphatic rings. The van der Waals surface area contributed by atoms with E-state index in [0.717, 1.165) is 0 Å². The van der Waals surface area contributed by atoms with Crippen LogP contribution in [0.1, 0.15) is 68.8 Å². The first-order valence-electron chi connectivity index (χ1n) is 15.6. The third kappa shape index (κ3) is 9.38. The minimum atomic E-state index is -0.826. The van der Waals surface area contributed by atoms with E-state index in [2.05, 4.69) is 5.32 Å². The molecule has 1 aliphatic carbocycles. The third-order valence-corrected chi connectivity index (χ3v) is 7.76. The van der Waals surface area contributed by atoms with Crippen molar-refractivity contribution in [3.8, 4) is 0 Å². The number of aliphatic hydroxyl groups excluding tert-OH is 2. The summed E-state index contributed by atoms with van der Waals surface area (Å²) in [5.74, 6) is -1.83. The molecule has 1 aromatic rings. The van der Waals surface area contributed by atoms with Gasteiger partial charge >= 0.3 is 11.9 Å². The number of carbonyl (C=O) groups is 4. The van der Waals surface area contributed by atoms with Crippen LogP contribution in [0.25, 0.3) is 6.08 Å². The van der Waals surface area contributed by atoms with E-state index in [1.165, 1.54) is 11.2 Å². The zero-order valence-electron chi connectivity index (χ0n) is 26.5. The van der Waals surface area contributed by atoms with E-state index in [4.69, 9.17) is 28.8 Å². The minimum Gasteiger partial charge on any atom is -0.499 e. The first-order chi connectivity index (χ1) is 22.0. The van der Waals surface area contributed by atoms with Gasteiger partial charge in [0.25, 0.3) is 0 Å². The van der Waals surface area contributed by atoms with E-state index >= 15 is 0 Å². The summed E-state index contributed by atoms with van der Waals surface area (Å²) in [7, 11) is 0. The Morgan fingerprint density at radius 2 is 1.93 bits per heavy atom. The number of amides is 2. The van der Waals surface area contributed by atoms with Crippen LogP contribution >= 0.6 is 0 Å². The summed E-state index contributed by atoms with van der Waals surface area (Å²) in [6.07, 6.45) is 3.91. The molecule has 5 atom stereocenters. The predicted octanol–water partition coefficient (Wildman–Crippen LogP) is 1.85. The molecule has 4 rings (SSSR count). The molecular formula is C33H44N2O11. The number of carbonyl (C=O) groups excluding carboxylic acids is 4. The Morgan fingerprint density at radius 1 is 1.15 bits per heavy atom. The van der Waals surface area contributed by atoms with E-state index in [1.54, 1.807) is 57.2 Å². The van der Waals surface area contributed by atoms with Crippen molar-refractivity contribution in [2.45, 2.75) is 88.9 Å². The Hall–Kier alpha value is -3.78. The summed E-state index contributed by atoms with van der Waals surface area (Å²) < 4.78 is 27.8. The average Bonchev–Trinajstić information content (AvgIpc) is 3.71. The van der Waals surface area contributed by atoms with Gasteiger partial charge in [0.15, 0.2) is 0 Å². The Balaban J connectivity index is 1.41. The lowest BCUT2D eigenvalue weighted by Crippen LogP contribution is -2.51.